The first-order valence-electron chi connectivity index (χ1n) is 12.8. The van der Waals surface area contributed by atoms with E-state index in [0.717, 1.165) is 18.4 Å². The maximum absolute atomic E-state index is 15.1. The molecule has 1 aliphatic carbocycles. The zero-order chi connectivity index (χ0) is 29.9. The van der Waals surface area contributed by atoms with Crippen molar-refractivity contribution in [2.45, 2.75) is 50.2 Å². The SMILES string of the molecule is CC(NC(=O)[C@]1(C)[C@@H](c2ccc(N3C[C@@](C)(C(F)(F)F)c4c3cnc3cc(Cl)nn43)cc2)C1(F)F)C1CS(=O)(=O)C1. The standard InChI is InChI=1S/C26H25ClF5N5O3S/c1-13(15-10-41(39,40)11-15)34-22(38)24(3)20(25(24,28)29)14-4-6-16(7-5-14)36-12-23(2,26(30,31)32)21-17(36)9-33-19-8-18(27)35-37(19)21/h4-9,13,15,20H,10-12H2,1-3H3,(H,34,38)/t13?,20-,23-,24+/m1/s1. The second-order valence-electron chi connectivity index (χ2n) is 11.6. The molecule has 1 N–H and O–H groups in total. The first-order chi connectivity index (χ1) is 18.9. The minimum atomic E-state index is -4.66. The number of hydrogen-bond donors (Lipinski definition) is 1. The number of fused-ring (bicyclic) bond motifs is 3. The number of anilines is 2. The van der Waals surface area contributed by atoms with Gasteiger partial charge in [0.2, 0.25) is 5.91 Å². The first kappa shape index (κ1) is 28.1. The van der Waals surface area contributed by atoms with Gasteiger partial charge < -0.3 is 10.2 Å². The van der Waals surface area contributed by atoms with Gasteiger partial charge in [0.1, 0.15) is 10.8 Å². The molecule has 4 heterocycles. The smallest absolute Gasteiger partial charge is 0.353 e. The molecule has 8 nitrogen and oxygen atoms in total. The number of benzene rings is 1. The van der Waals surface area contributed by atoms with E-state index in [2.05, 4.69) is 15.4 Å². The second-order valence-corrected chi connectivity index (χ2v) is 14.1. The highest BCUT2D eigenvalue weighted by atomic mass is 35.5. The summed E-state index contributed by atoms with van der Waals surface area (Å²) in [6.07, 6.45) is -3.35. The van der Waals surface area contributed by atoms with E-state index in [1.165, 1.54) is 41.4 Å². The number of carbonyl (C=O) groups is 1. The van der Waals surface area contributed by atoms with Gasteiger partial charge in [-0.15, -0.1) is 0 Å². The summed E-state index contributed by atoms with van der Waals surface area (Å²) < 4.78 is 97.4. The fraction of sp³-hybridized carbons (Fsp3) is 0.500. The second kappa shape index (κ2) is 8.52. The van der Waals surface area contributed by atoms with Crippen LogP contribution in [0.25, 0.3) is 5.65 Å². The summed E-state index contributed by atoms with van der Waals surface area (Å²) in [6, 6.07) is 6.41. The number of carbonyl (C=O) groups excluding carboxylic acids is 1. The molecule has 6 rings (SSSR count). The molecule has 15 heteroatoms. The van der Waals surface area contributed by atoms with Crippen LogP contribution in [0.3, 0.4) is 0 Å². The molecular formula is C26H25ClF5N5O3S. The minimum absolute atomic E-state index is 0.0113. The summed E-state index contributed by atoms with van der Waals surface area (Å²) >= 11 is 5.95. The fourth-order valence-electron chi connectivity index (χ4n) is 6.11. The van der Waals surface area contributed by atoms with E-state index in [1.807, 2.05) is 0 Å². The van der Waals surface area contributed by atoms with Crippen LogP contribution in [0.2, 0.25) is 5.15 Å². The molecule has 1 aromatic carbocycles. The van der Waals surface area contributed by atoms with E-state index in [-0.39, 0.29) is 45.2 Å². The van der Waals surface area contributed by atoms with E-state index in [1.54, 1.807) is 6.92 Å². The highest BCUT2D eigenvalue weighted by molar-refractivity contribution is 7.92. The van der Waals surface area contributed by atoms with E-state index < -0.39 is 57.2 Å². The summed E-state index contributed by atoms with van der Waals surface area (Å²) in [4.78, 5) is 18.5. The lowest BCUT2D eigenvalue weighted by molar-refractivity contribution is -0.181. The largest absolute Gasteiger partial charge is 0.401 e. The quantitative estimate of drug-likeness (QED) is 0.419. The summed E-state index contributed by atoms with van der Waals surface area (Å²) in [5.74, 6) is -6.26. The molecule has 0 spiro atoms. The van der Waals surface area contributed by atoms with Crippen LogP contribution in [0.15, 0.2) is 36.5 Å². The molecular weight excluding hydrogens is 593 g/mol. The molecule has 3 aliphatic rings. The van der Waals surface area contributed by atoms with Crippen molar-refractivity contribution in [1.29, 1.82) is 0 Å². The zero-order valence-corrected chi connectivity index (χ0v) is 23.6. The van der Waals surface area contributed by atoms with Crippen molar-refractivity contribution in [3.8, 4) is 0 Å². The van der Waals surface area contributed by atoms with Gasteiger partial charge in [-0.25, -0.2) is 26.7 Å². The lowest BCUT2D eigenvalue weighted by Gasteiger charge is -2.32. The van der Waals surface area contributed by atoms with Crippen molar-refractivity contribution < 1.29 is 35.2 Å². The predicted molar refractivity (Wildman–Crippen MR) is 140 cm³/mol. The highest BCUT2D eigenvalue weighted by Crippen LogP contribution is 2.71. The average molecular weight is 618 g/mol. The van der Waals surface area contributed by atoms with Crippen LogP contribution in [0.4, 0.5) is 33.3 Å². The van der Waals surface area contributed by atoms with Gasteiger partial charge in [-0.05, 0) is 38.5 Å². The molecule has 3 aromatic rings. The van der Waals surface area contributed by atoms with Gasteiger partial charge in [-0.2, -0.15) is 18.3 Å². The van der Waals surface area contributed by atoms with E-state index >= 15 is 8.78 Å². The fourth-order valence-corrected chi connectivity index (χ4v) is 8.07. The van der Waals surface area contributed by atoms with Crippen LogP contribution in [-0.4, -0.2) is 65.1 Å². The number of nitrogens with one attached hydrogen (secondary N) is 1. The molecule has 4 atom stereocenters. The van der Waals surface area contributed by atoms with Gasteiger partial charge >= 0.3 is 6.18 Å². The number of nitrogens with zero attached hydrogens (tertiary/aromatic N) is 4. The highest BCUT2D eigenvalue weighted by Gasteiger charge is 2.82. The average Bonchev–Trinajstić information content (AvgIpc) is 3.14. The zero-order valence-electron chi connectivity index (χ0n) is 22.0. The van der Waals surface area contributed by atoms with Crippen LogP contribution in [-0.2, 0) is 20.0 Å². The number of sulfone groups is 1. The van der Waals surface area contributed by atoms with Gasteiger partial charge in [0, 0.05) is 30.3 Å². The van der Waals surface area contributed by atoms with Crippen LogP contribution < -0.4 is 10.2 Å². The molecule has 2 aromatic heterocycles. The number of rotatable bonds is 5. The molecule has 2 fully saturated rings. The molecule has 2 aliphatic heterocycles. The van der Waals surface area contributed by atoms with Crippen LogP contribution in [0.5, 0.6) is 0 Å². The van der Waals surface area contributed by atoms with Crippen molar-refractivity contribution in [3.05, 3.63) is 52.9 Å². The van der Waals surface area contributed by atoms with E-state index in [0.29, 0.717) is 5.69 Å². The van der Waals surface area contributed by atoms with E-state index in [9.17, 15) is 26.4 Å². The van der Waals surface area contributed by atoms with Gasteiger partial charge in [0.15, 0.2) is 20.6 Å². The summed E-state index contributed by atoms with van der Waals surface area (Å²) in [5.41, 5.74) is -3.76. The van der Waals surface area contributed by atoms with Crippen LogP contribution in [0, 0.1) is 11.3 Å². The molecule has 1 amide bonds. The topological polar surface area (TPSA) is 96.7 Å². The molecule has 220 valence electrons. The maximum atomic E-state index is 15.1. The Labute approximate surface area is 236 Å². The Bertz CT molecular complexity index is 1680. The molecule has 0 bridgehead atoms. The van der Waals surface area contributed by atoms with Gasteiger partial charge in [-0.1, -0.05) is 23.7 Å². The van der Waals surface area contributed by atoms with Gasteiger partial charge in [0.25, 0.3) is 5.92 Å². The van der Waals surface area contributed by atoms with Crippen molar-refractivity contribution in [1.82, 2.24) is 19.9 Å². The first-order valence-corrected chi connectivity index (χ1v) is 15.0. The molecule has 1 saturated carbocycles. The Balaban J connectivity index is 1.28. The number of aromatic nitrogens is 3. The Kier molecular flexibility index (Phi) is 5.85. The Morgan fingerprint density at radius 2 is 1.80 bits per heavy atom. The van der Waals surface area contributed by atoms with Gasteiger partial charge in [-0.3, -0.25) is 4.79 Å². The number of alkyl halides is 5. The third-order valence-corrected chi connectivity index (χ3v) is 11.0. The van der Waals surface area contributed by atoms with Crippen LogP contribution in [0.1, 0.15) is 37.9 Å². The number of hydrogen-bond acceptors (Lipinski definition) is 6. The molecule has 41 heavy (non-hydrogen) atoms. The number of amides is 1. The maximum Gasteiger partial charge on any atom is 0.401 e. The summed E-state index contributed by atoms with van der Waals surface area (Å²) in [5, 5.41) is 6.56. The minimum Gasteiger partial charge on any atom is -0.353 e. The van der Waals surface area contributed by atoms with Crippen LogP contribution >= 0.6 is 11.6 Å². The molecule has 0 radical (unpaired) electrons. The number of halogens is 6. The van der Waals surface area contributed by atoms with Gasteiger partial charge in [0.05, 0.1) is 35.0 Å². The predicted octanol–water partition coefficient (Wildman–Crippen LogP) is 4.64. The van der Waals surface area contributed by atoms with Crippen molar-refractivity contribution in [3.63, 3.8) is 0 Å². The Hall–Kier alpha value is -3.00. The summed E-state index contributed by atoms with van der Waals surface area (Å²) in [6.45, 7) is 3.30. The third kappa shape index (κ3) is 3.96. The van der Waals surface area contributed by atoms with E-state index in [4.69, 9.17) is 11.6 Å². The van der Waals surface area contributed by atoms with Crippen molar-refractivity contribution in [2.24, 2.45) is 11.3 Å². The lowest BCUT2D eigenvalue weighted by atomic mass is 9.87. The lowest BCUT2D eigenvalue weighted by Crippen LogP contribution is -2.51. The third-order valence-electron chi connectivity index (χ3n) is 8.91. The van der Waals surface area contributed by atoms with Crippen molar-refractivity contribution in [2.75, 3.05) is 23.0 Å². The summed E-state index contributed by atoms with van der Waals surface area (Å²) in [7, 11) is -3.14. The Morgan fingerprint density at radius 1 is 1.17 bits per heavy atom. The van der Waals surface area contributed by atoms with Crippen molar-refractivity contribution >= 4 is 44.4 Å². The molecule has 1 saturated heterocycles. The Morgan fingerprint density at radius 3 is 2.39 bits per heavy atom. The monoisotopic (exact) mass is 617 g/mol. The molecule has 1 unspecified atom stereocenters. The normalized spacial score (nSPS) is 29.2.